The highest BCUT2D eigenvalue weighted by Gasteiger charge is 2.38. The third kappa shape index (κ3) is 2.26. The molecular weight excluding hydrogens is 177 g/mol. The number of hydrogen-bond donors (Lipinski definition) is 3. The molecule has 68 valence electrons. The molecule has 0 atom stereocenters. The zero-order chi connectivity index (χ0) is 9.94. The quantitative estimate of drug-likeness (QED) is 0.429. The molecule has 12 heavy (non-hydrogen) atoms. The number of rotatable bonds is 2. The van der Waals surface area contributed by atoms with Crippen LogP contribution >= 0.6 is 0 Å². The first-order valence-electron chi connectivity index (χ1n) is 2.62. The fourth-order valence-corrected chi connectivity index (χ4v) is 0.414. The van der Waals surface area contributed by atoms with E-state index in [1.807, 2.05) is 0 Å². The molecule has 7 heteroatoms. The molecule has 4 nitrogen and oxygen atoms in total. The number of nitrogens with two attached hydrogens (primary N) is 1. The molecule has 0 bridgehead atoms. The van der Waals surface area contributed by atoms with Gasteiger partial charge in [0.1, 0.15) is 5.57 Å². The maximum Gasteiger partial charge on any atom is 0.433 e. The van der Waals surface area contributed by atoms with E-state index in [1.54, 1.807) is 0 Å². The minimum Gasteiger partial charge on any atom is -0.478 e. The number of carboxylic acid groups (broad SMARTS) is 1. The van der Waals surface area contributed by atoms with E-state index >= 15 is 0 Å². The molecule has 0 rings (SSSR count). The van der Waals surface area contributed by atoms with Crippen LogP contribution in [-0.2, 0) is 4.79 Å². The SMILES string of the molecule is N=C(C(=CN)C(=O)O)C(F)(F)F. The summed E-state index contributed by atoms with van der Waals surface area (Å²) in [7, 11) is 0. The Labute approximate surface area is 65.0 Å². The first kappa shape index (κ1) is 10.5. The fourth-order valence-electron chi connectivity index (χ4n) is 0.414. The molecule has 0 aliphatic heterocycles. The van der Waals surface area contributed by atoms with Crippen LogP contribution in [0.15, 0.2) is 11.8 Å². The van der Waals surface area contributed by atoms with Gasteiger partial charge in [-0.3, -0.25) is 5.41 Å². The van der Waals surface area contributed by atoms with Crippen LogP contribution in [0, 0.1) is 5.41 Å². The van der Waals surface area contributed by atoms with Crippen LogP contribution in [0.2, 0.25) is 0 Å². The number of alkyl halides is 3. The number of carbonyl (C=O) groups is 1. The van der Waals surface area contributed by atoms with E-state index in [0.29, 0.717) is 0 Å². The summed E-state index contributed by atoms with van der Waals surface area (Å²) in [6.07, 6.45) is -4.75. The Morgan fingerprint density at radius 3 is 2.00 bits per heavy atom. The van der Waals surface area contributed by atoms with Crippen molar-refractivity contribution in [1.82, 2.24) is 0 Å². The maximum atomic E-state index is 11.7. The topological polar surface area (TPSA) is 87.2 Å². The van der Waals surface area contributed by atoms with E-state index in [-0.39, 0.29) is 6.20 Å². The zero-order valence-corrected chi connectivity index (χ0v) is 5.64. The summed E-state index contributed by atoms with van der Waals surface area (Å²) in [6.45, 7) is 0. The molecule has 0 aromatic rings. The third-order valence-corrected chi connectivity index (χ3v) is 0.950. The summed E-state index contributed by atoms with van der Waals surface area (Å²) in [5, 5.41) is 14.5. The molecule has 0 aliphatic carbocycles. The predicted octanol–water partition coefficient (Wildman–Crippen LogP) is 0.496. The van der Waals surface area contributed by atoms with Crippen molar-refractivity contribution in [2.24, 2.45) is 5.73 Å². The van der Waals surface area contributed by atoms with Gasteiger partial charge in [0, 0.05) is 6.20 Å². The highest BCUT2D eigenvalue weighted by atomic mass is 19.4. The second-order valence-electron chi connectivity index (χ2n) is 1.76. The zero-order valence-electron chi connectivity index (χ0n) is 5.64. The van der Waals surface area contributed by atoms with Gasteiger partial charge in [0.2, 0.25) is 0 Å². The second-order valence-corrected chi connectivity index (χ2v) is 1.76. The highest BCUT2D eigenvalue weighted by molar-refractivity contribution is 6.19. The fraction of sp³-hybridized carbons (Fsp3) is 0.200. The lowest BCUT2D eigenvalue weighted by atomic mass is 10.1. The summed E-state index contributed by atoms with van der Waals surface area (Å²) in [5.74, 6) is -1.88. The van der Waals surface area contributed by atoms with Gasteiger partial charge in [-0.15, -0.1) is 0 Å². The van der Waals surface area contributed by atoms with E-state index < -0.39 is 23.4 Å². The van der Waals surface area contributed by atoms with Crippen molar-refractivity contribution < 1.29 is 23.1 Å². The summed E-state index contributed by atoms with van der Waals surface area (Å²) in [5.41, 5.74) is 1.37. The Kier molecular flexibility index (Phi) is 2.83. The van der Waals surface area contributed by atoms with E-state index in [2.05, 4.69) is 5.73 Å². The minimum atomic E-state index is -4.98. The molecule has 0 aliphatic rings. The lowest BCUT2D eigenvalue weighted by molar-refractivity contribution is -0.132. The third-order valence-electron chi connectivity index (χ3n) is 0.950. The summed E-state index contributed by atoms with van der Waals surface area (Å²) < 4.78 is 35.0. The van der Waals surface area contributed by atoms with Gasteiger partial charge in [-0.25, -0.2) is 4.79 Å². The molecule has 0 unspecified atom stereocenters. The van der Waals surface area contributed by atoms with Crippen molar-refractivity contribution in [3.05, 3.63) is 11.8 Å². The maximum absolute atomic E-state index is 11.7. The molecule has 0 saturated carbocycles. The van der Waals surface area contributed by atoms with Crippen LogP contribution in [0.3, 0.4) is 0 Å². The Morgan fingerprint density at radius 1 is 1.50 bits per heavy atom. The number of halogens is 3. The standard InChI is InChI=1S/C5H5F3N2O2/c6-5(7,8)3(10)2(1-9)4(11)12/h1,10H,9H2,(H,11,12). The first-order valence-corrected chi connectivity index (χ1v) is 2.62. The number of aliphatic carboxylic acids is 1. The number of nitrogens with one attached hydrogen (secondary N) is 1. The smallest absolute Gasteiger partial charge is 0.433 e. The molecule has 0 amide bonds. The van der Waals surface area contributed by atoms with E-state index in [1.165, 1.54) is 0 Å². The number of hydrogen-bond acceptors (Lipinski definition) is 3. The second kappa shape index (κ2) is 3.24. The van der Waals surface area contributed by atoms with Gasteiger partial charge in [-0.1, -0.05) is 0 Å². The van der Waals surface area contributed by atoms with Gasteiger partial charge < -0.3 is 10.8 Å². The van der Waals surface area contributed by atoms with Crippen molar-refractivity contribution in [2.75, 3.05) is 0 Å². The average molecular weight is 182 g/mol. The molecule has 4 N–H and O–H groups in total. The molecule has 0 radical (unpaired) electrons. The molecule has 0 spiro atoms. The summed E-state index contributed by atoms with van der Waals surface area (Å²) >= 11 is 0. The Balaban J connectivity index is 4.82. The average Bonchev–Trinajstić information content (AvgIpc) is 1.86. The van der Waals surface area contributed by atoms with Gasteiger partial charge in [0.25, 0.3) is 0 Å². The molecular formula is C5H5F3N2O2. The van der Waals surface area contributed by atoms with Crippen molar-refractivity contribution in [2.45, 2.75) is 6.18 Å². The monoisotopic (exact) mass is 182 g/mol. The molecule has 0 saturated heterocycles. The summed E-state index contributed by atoms with van der Waals surface area (Å²) in [6, 6.07) is 0. The van der Waals surface area contributed by atoms with E-state index in [4.69, 9.17) is 10.5 Å². The van der Waals surface area contributed by atoms with Crippen LogP contribution in [0.4, 0.5) is 13.2 Å². The lowest BCUT2D eigenvalue weighted by Gasteiger charge is -2.07. The largest absolute Gasteiger partial charge is 0.478 e. The lowest BCUT2D eigenvalue weighted by Crippen LogP contribution is -2.28. The Morgan fingerprint density at radius 2 is 1.92 bits per heavy atom. The first-order chi connectivity index (χ1) is 5.30. The highest BCUT2D eigenvalue weighted by Crippen LogP contribution is 2.20. The van der Waals surface area contributed by atoms with Gasteiger partial charge in [-0.2, -0.15) is 13.2 Å². The summed E-state index contributed by atoms with van der Waals surface area (Å²) in [4.78, 5) is 10.0. The normalized spacial score (nSPS) is 12.8. The van der Waals surface area contributed by atoms with Crippen LogP contribution < -0.4 is 5.73 Å². The van der Waals surface area contributed by atoms with Crippen molar-refractivity contribution in [3.8, 4) is 0 Å². The van der Waals surface area contributed by atoms with Crippen molar-refractivity contribution in [1.29, 1.82) is 5.41 Å². The molecule has 0 aromatic heterocycles. The van der Waals surface area contributed by atoms with Gasteiger partial charge >= 0.3 is 12.1 Å². The van der Waals surface area contributed by atoms with E-state index in [9.17, 15) is 18.0 Å². The minimum absolute atomic E-state index is 0.234. The molecule has 0 aromatic carbocycles. The van der Waals surface area contributed by atoms with Crippen LogP contribution in [0.1, 0.15) is 0 Å². The van der Waals surface area contributed by atoms with Crippen LogP contribution in [-0.4, -0.2) is 23.0 Å². The Hall–Kier alpha value is -1.53. The predicted molar refractivity (Wildman–Crippen MR) is 33.7 cm³/mol. The molecule has 0 heterocycles. The van der Waals surface area contributed by atoms with Crippen LogP contribution in [0.5, 0.6) is 0 Å². The van der Waals surface area contributed by atoms with E-state index in [0.717, 1.165) is 0 Å². The van der Waals surface area contributed by atoms with Gasteiger partial charge in [0.15, 0.2) is 5.71 Å². The Bertz CT molecular complexity index is 244. The van der Waals surface area contributed by atoms with Crippen molar-refractivity contribution in [3.63, 3.8) is 0 Å². The van der Waals surface area contributed by atoms with Crippen molar-refractivity contribution >= 4 is 11.7 Å². The molecule has 0 fully saturated rings. The van der Waals surface area contributed by atoms with Crippen LogP contribution in [0.25, 0.3) is 0 Å². The number of carboxylic acids is 1. The van der Waals surface area contributed by atoms with Gasteiger partial charge in [-0.05, 0) is 0 Å². The van der Waals surface area contributed by atoms with Gasteiger partial charge in [0.05, 0.1) is 0 Å².